The molecular weight excluding hydrogens is 194 g/mol. The Morgan fingerprint density at radius 2 is 2.20 bits per heavy atom. The van der Waals surface area contributed by atoms with Gasteiger partial charge in [-0.3, -0.25) is 9.59 Å². The highest BCUT2D eigenvalue weighted by Gasteiger charge is 2.04. The zero-order valence-electron chi connectivity index (χ0n) is 7.93. The molecule has 4 nitrogen and oxygen atoms in total. The second-order valence-electron chi connectivity index (χ2n) is 3.38. The zero-order valence-corrected chi connectivity index (χ0v) is 7.93. The van der Waals surface area contributed by atoms with E-state index in [0.717, 1.165) is 10.8 Å². The van der Waals surface area contributed by atoms with E-state index in [4.69, 9.17) is 5.11 Å². The van der Waals surface area contributed by atoms with Crippen molar-refractivity contribution < 1.29 is 14.7 Å². The number of hydrogen-bond acceptors (Lipinski definition) is 2. The van der Waals surface area contributed by atoms with Crippen LogP contribution < -0.4 is 10.6 Å². The molecule has 0 unspecified atom stereocenters. The number of carboxylic acids is 1. The number of amides is 1. The molecule has 2 rings (SSSR count). The first-order valence-corrected chi connectivity index (χ1v) is 4.60. The van der Waals surface area contributed by atoms with E-state index in [1.54, 1.807) is 12.1 Å². The molecule has 1 N–H and O–H groups in total. The van der Waals surface area contributed by atoms with Gasteiger partial charge in [-0.1, -0.05) is 6.07 Å². The summed E-state index contributed by atoms with van der Waals surface area (Å²) in [6, 6.07) is 5.36. The monoisotopic (exact) mass is 203 g/mol. The first-order valence-electron chi connectivity index (χ1n) is 4.60. The molecule has 0 spiro atoms. The van der Waals surface area contributed by atoms with Crippen molar-refractivity contribution in [1.29, 1.82) is 0 Å². The van der Waals surface area contributed by atoms with Crippen molar-refractivity contribution in [2.75, 3.05) is 0 Å². The third-order valence-electron chi connectivity index (χ3n) is 2.23. The maximum absolute atomic E-state index is 11.0. The van der Waals surface area contributed by atoms with E-state index in [9.17, 15) is 9.59 Å². The minimum atomic E-state index is -0.819. The predicted octanol–water partition coefficient (Wildman–Crippen LogP) is -0.356. The Labute approximate surface area is 85.6 Å². The van der Waals surface area contributed by atoms with Crippen LogP contribution in [0.1, 0.15) is 12.0 Å². The Hall–Kier alpha value is -1.97. The molecule has 1 aliphatic heterocycles. The lowest BCUT2D eigenvalue weighted by molar-refractivity contribution is -0.137. The average molecular weight is 203 g/mol. The zero-order chi connectivity index (χ0) is 10.8. The highest BCUT2D eigenvalue weighted by atomic mass is 16.4. The third-order valence-corrected chi connectivity index (χ3v) is 2.23. The van der Waals surface area contributed by atoms with Crippen molar-refractivity contribution in [2.24, 2.45) is 4.99 Å². The van der Waals surface area contributed by atoms with Crippen LogP contribution in [0.25, 0.3) is 6.08 Å². The van der Waals surface area contributed by atoms with Crippen LogP contribution in [0.5, 0.6) is 0 Å². The van der Waals surface area contributed by atoms with Crippen LogP contribution in [0.3, 0.4) is 0 Å². The summed E-state index contributed by atoms with van der Waals surface area (Å²) >= 11 is 0. The second kappa shape index (κ2) is 3.65. The normalized spacial score (nSPS) is 12.9. The molecule has 0 saturated carbocycles. The summed E-state index contributed by atoms with van der Waals surface area (Å²) in [4.78, 5) is 25.1. The summed E-state index contributed by atoms with van der Waals surface area (Å²) in [5, 5.41) is 9.98. The smallest absolute Gasteiger partial charge is 0.303 e. The summed E-state index contributed by atoms with van der Waals surface area (Å²) in [6.45, 7) is 0. The van der Waals surface area contributed by atoms with Gasteiger partial charge in [0.25, 0.3) is 5.91 Å². The average Bonchev–Trinajstić information content (AvgIpc) is 2.53. The fraction of sp³-hybridized carbons (Fsp3) is 0.182. The number of fused-ring (bicyclic) bond motifs is 1. The van der Waals surface area contributed by atoms with E-state index in [1.165, 1.54) is 6.08 Å². The SMILES string of the molecule is O=C(O)CCc1ccc2c(c1)=CC(=O)N=2. The topological polar surface area (TPSA) is 66.7 Å². The van der Waals surface area contributed by atoms with Gasteiger partial charge in [0.15, 0.2) is 0 Å². The minimum Gasteiger partial charge on any atom is -0.481 e. The van der Waals surface area contributed by atoms with E-state index in [2.05, 4.69) is 4.99 Å². The molecule has 0 fully saturated rings. The lowest BCUT2D eigenvalue weighted by Gasteiger charge is -1.96. The molecule has 4 heteroatoms. The van der Waals surface area contributed by atoms with Crippen molar-refractivity contribution in [3.8, 4) is 0 Å². The van der Waals surface area contributed by atoms with Crippen LogP contribution in [0.2, 0.25) is 0 Å². The number of nitrogens with zero attached hydrogens (tertiary/aromatic N) is 1. The molecule has 1 heterocycles. The second-order valence-corrected chi connectivity index (χ2v) is 3.38. The van der Waals surface area contributed by atoms with Crippen LogP contribution >= 0.6 is 0 Å². The molecule has 1 aromatic rings. The van der Waals surface area contributed by atoms with Crippen LogP contribution in [0, 0.1) is 0 Å². The van der Waals surface area contributed by atoms with Gasteiger partial charge in [-0.25, -0.2) is 4.99 Å². The maximum atomic E-state index is 11.0. The first kappa shape index (κ1) is 9.58. The largest absolute Gasteiger partial charge is 0.481 e. The standard InChI is InChI=1S/C11H9NO3/c13-10-6-8-5-7(2-4-11(14)15)1-3-9(8)12-10/h1,3,5-6H,2,4H2,(H,14,15). The molecule has 0 atom stereocenters. The summed E-state index contributed by atoms with van der Waals surface area (Å²) < 4.78 is 0. The minimum absolute atomic E-state index is 0.101. The molecule has 0 radical (unpaired) electrons. The molecule has 0 aliphatic carbocycles. The number of aryl methyl sites for hydroxylation is 1. The van der Waals surface area contributed by atoms with Gasteiger partial charge in [0.1, 0.15) is 0 Å². The van der Waals surface area contributed by atoms with E-state index in [1.807, 2.05) is 6.07 Å². The van der Waals surface area contributed by atoms with Gasteiger partial charge in [-0.2, -0.15) is 0 Å². The predicted molar refractivity (Wildman–Crippen MR) is 52.7 cm³/mol. The van der Waals surface area contributed by atoms with Gasteiger partial charge >= 0.3 is 5.97 Å². The Morgan fingerprint density at radius 1 is 1.40 bits per heavy atom. The van der Waals surface area contributed by atoms with Crippen molar-refractivity contribution >= 4 is 18.0 Å². The number of carbonyl (C=O) groups is 2. The summed E-state index contributed by atoms with van der Waals surface area (Å²) in [7, 11) is 0. The highest BCUT2D eigenvalue weighted by Crippen LogP contribution is 1.99. The van der Waals surface area contributed by atoms with Gasteiger partial charge in [0.2, 0.25) is 0 Å². The lowest BCUT2D eigenvalue weighted by atomic mass is 10.1. The third kappa shape index (κ3) is 2.10. The fourth-order valence-electron chi connectivity index (χ4n) is 1.51. The Balaban J connectivity index is 2.29. The Kier molecular flexibility index (Phi) is 2.33. The van der Waals surface area contributed by atoms with Crippen molar-refractivity contribution in [3.05, 3.63) is 34.3 Å². The molecule has 1 aromatic carbocycles. The molecule has 0 bridgehead atoms. The van der Waals surface area contributed by atoms with Crippen molar-refractivity contribution in [3.63, 3.8) is 0 Å². The number of rotatable bonds is 3. The van der Waals surface area contributed by atoms with E-state index in [-0.39, 0.29) is 12.3 Å². The van der Waals surface area contributed by atoms with Crippen LogP contribution in [0.15, 0.2) is 23.2 Å². The molecule has 1 amide bonds. The van der Waals surface area contributed by atoms with Gasteiger partial charge in [-0.15, -0.1) is 0 Å². The number of hydrogen-bond donors (Lipinski definition) is 1. The number of aliphatic carboxylic acids is 1. The van der Waals surface area contributed by atoms with Crippen molar-refractivity contribution in [2.45, 2.75) is 12.8 Å². The van der Waals surface area contributed by atoms with Gasteiger partial charge in [0.05, 0.1) is 5.36 Å². The summed E-state index contributed by atoms with van der Waals surface area (Å²) in [5.41, 5.74) is 0.914. The highest BCUT2D eigenvalue weighted by molar-refractivity contribution is 6.06. The number of carboxylic acid groups (broad SMARTS) is 1. The van der Waals surface area contributed by atoms with E-state index >= 15 is 0 Å². The molecular formula is C11H9NO3. The maximum Gasteiger partial charge on any atom is 0.303 e. The quantitative estimate of drug-likeness (QED) is 0.729. The fourth-order valence-corrected chi connectivity index (χ4v) is 1.51. The Morgan fingerprint density at radius 3 is 2.93 bits per heavy atom. The van der Waals surface area contributed by atoms with E-state index in [0.29, 0.717) is 11.8 Å². The molecule has 0 aromatic heterocycles. The molecule has 76 valence electrons. The first-order chi connectivity index (χ1) is 7.15. The lowest BCUT2D eigenvalue weighted by Crippen LogP contribution is -2.21. The van der Waals surface area contributed by atoms with Gasteiger partial charge < -0.3 is 5.11 Å². The van der Waals surface area contributed by atoms with Crippen LogP contribution in [-0.2, 0) is 16.0 Å². The molecule has 15 heavy (non-hydrogen) atoms. The summed E-state index contributed by atoms with van der Waals surface area (Å²) in [5.74, 6) is -1.07. The van der Waals surface area contributed by atoms with Gasteiger partial charge in [-0.05, 0) is 24.1 Å². The van der Waals surface area contributed by atoms with Gasteiger partial charge in [0, 0.05) is 17.7 Å². The molecule has 1 aliphatic rings. The van der Waals surface area contributed by atoms with Crippen LogP contribution in [0.4, 0.5) is 0 Å². The van der Waals surface area contributed by atoms with Crippen LogP contribution in [-0.4, -0.2) is 17.0 Å². The summed E-state index contributed by atoms with van der Waals surface area (Å²) in [6.07, 6.45) is 2.04. The Bertz CT molecular complexity index is 545. The molecule has 0 saturated heterocycles. The van der Waals surface area contributed by atoms with Crippen molar-refractivity contribution in [1.82, 2.24) is 0 Å². The number of carbonyl (C=O) groups excluding carboxylic acids is 1. The van der Waals surface area contributed by atoms with E-state index < -0.39 is 5.97 Å². The number of benzene rings is 1.